The first-order valence-corrected chi connectivity index (χ1v) is 15.7. The highest BCUT2D eigenvalue weighted by molar-refractivity contribution is 7.93. The number of amides is 1. The summed E-state index contributed by atoms with van der Waals surface area (Å²) in [7, 11) is -4.06. The molecule has 1 aromatic heterocycles. The number of aromatic nitrogens is 1. The van der Waals surface area contributed by atoms with Crippen LogP contribution in [-0.4, -0.2) is 32.4 Å². The summed E-state index contributed by atoms with van der Waals surface area (Å²) in [6.45, 7) is 1.49. The Bertz CT molecular complexity index is 1910. The largest absolute Gasteiger partial charge is 0.370 e. The fourth-order valence-electron chi connectivity index (χ4n) is 5.10. The highest BCUT2D eigenvalue weighted by Gasteiger charge is 2.26. The van der Waals surface area contributed by atoms with Gasteiger partial charge in [-0.05, 0) is 67.4 Å². The minimum absolute atomic E-state index is 0.0589. The van der Waals surface area contributed by atoms with Gasteiger partial charge < -0.3 is 10.2 Å². The number of benzene rings is 4. The van der Waals surface area contributed by atoms with Crippen molar-refractivity contribution < 1.29 is 13.2 Å². The van der Waals surface area contributed by atoms with Crippen LogP contribution in [0.25, 0.3) is 22.2 Å². The van der Waals surface area contributed by atoms with Crippen LogP contribution in [0.4, 0.5) is 17.1 Å². The van der Waals surface area contributed by atoms with Crippen molar-refractivity contribution in [2.45, 2.75) is 17.7 Å². The van der Waals surface area contributed by atoms with Crippen LogP contribution >= 0.6 is 23.2 Å². The summed E-state index contributed by atoms with van der Waals surface area (Å²) in [4.78, 5) is 20.6. The average Bonchev–Trinajstić information content (AvgIpc) is 3.53. The molecule has 212 valence electrons. The number of carbonyl (C=O) groups is 1. The molecule has 0 spiro atoms. The predicted octanol–water partition coefficient (Wildman–Crippen LogP) is 7.86. The first-order chi connectivity index (χ1) is 20.3. The summed E-state index contributed by atoms with van der Waals surface area (Å²) >= 11 is 12.3. The molecule has 1 amide bonds. The molecule has 2 N–H and O–H groups in total. The maximum Gasteiger partial charge on any atom is 0.264 e. The van der Waals surface area contributed by atoms with Gasteiger partial charge in [0.25, 0.3) is 15.9 Å². The highest BCUT2D eigenvalue weighted by atomic mass is 35.5. The highest BCUT2D eigenvalue weighted by Crippen LogP contribution is 2.34. The SMILES string of the molecule is O=C(Nc1ccc(N2CCCC2)c(S(=O)(=O)Nc2ccccc2Cl)c1)c1cc(-c2ccc(Cl)cc2)nc2ccccc12. The van der Waals surface area contributed by atoms with E-state index in [9.17, 15) is 13.2 Å². The van der Waals surface area contributed by atoms with Crippen LogP contribution in [0.5, 0.6) is 0 Å². The van der Waals surface area contributed by atoms with Crippen molar-refractivity contribution in [3.63, 3.8) is 0 Å². The molecular formula is C32H26Cl2N4O3S. The Morgan fingerprint density at radius 3 is 2.31 bits per heavy atom. The topological polar surface area (TPSA) is 91.4 Å². The lowest BCUT2D eigenvalue weighted by Gasteiger charge is -2.22. The van der Waals surface area contributed by atoms with Gasteiger partial charge in [0.2, 0.25) is 0 Å². The maximum absolute atomic E-state index is 13.8. The second kappa shape index (κ2) is 11.6. The van der Waals surface area contributed by atoms with Crippen molar-refractivity contribution in [2.75, 3.05) is 28.0 Å². The molecule has 0 aliphatic carbocycles. The number of hydrogen-bond donors (Lipinski definition) is 2. The van der Waals surface area contributed by atoms with E-state index in [-0.39, 0.29) is 21.5 Å². The second-order valence-corrected chi connectivity index (χ2v) is 12.5. The number of nitrogens with one attached hydrogen (secondary N) is 2. The van der Waals surface area contributed by atoms with Crippen LogP contribution in [0, 0.1) is 0 Å². The standard InChI is InChI=1S/C32H26Cl2N4O3S/c33-22-13-11-21(12-14-22)29-20-25(24-7-1-3-9-27(24)36-29)32(39)35-23-15-16-30(38-17-5-6-18-38)31(19-23)42(40,41)37-28-10-4-2-8-26(28)34/h1-4,7-16,19-20,37H,5-6,17-18H2,(H,35,39). The number of halogens is 2. The molecule has 0 atom stereocenters. The van der Waals surface area contributed by atoms with E-state index >= 15 is 0 Å². The summed E-state index contributed by atoms with van der Waals surface area (Å²) < 4.78 is 30.0. The lowest BCUT2D eigenvalue weighted by atomic mass is 10.0. The molecule has 1 fully saturated rings. The number of nitrogens with zero attached hydrogens (tertiary/aromatic N) is 2. The molecule has 6 rings (SSSR count). The minimum atomic E-state index is -4.06. The Balaban J connectivity index is 1.38. The monoisotopic (exact) mass is 616 g/mol. The lowest BCUT2D eigenvalue weighted by molar-refractivity contribution is 0.102. The van der Waals surface area contributed by atoms with Crippen molar-refractivity contribution in [3.05, 3.63) is 113 Å². The minimum Gasteiger partial charge on any atom is -0.370 e. The van der Waals surface area contributed by atoms with Gasteiger partial charge in [0.15, 0.2) is 0 Å². The van der Waals surface area contributed by atoms with E-state index in [0.29, 0.717) is 38.6 Å². The Hall–Kier alpha value is -4.11. The molecule has 10 heteroatoms. The molecule has 1 aliphatic heterocycles. The number of para-hydroxylation sites is 2. The van der Waals surface area contributed by atoms with E-state index in [1.165, 1.54) is 6.07 Å². The second-order valence-electron chi connectivity index (χ2n) is 10.00. The van der Waals surface area contributed by atoms with E-state index in [4.69, 9.17) is 28.2 Å². The van der Waals surface area contributed by atoms with Gasteiger partial charge in [0, 0.05) is 34.7 Å². The zero-order valence-electron chi connectivity index (χ0n) is 22.3. The van der Waals surface area contributed by atoms with Crippen molar-refractivity contribution in [1.82, 2.24) is 4.98 Å². The lowest BCUT2D eigenvalue weighted by Crippen LogP contribution is -2.23. The van der Waals surface area contributed by atoms with Gasteiger partial charge in [-0.15, -0.1) is 0 Å². The Kier molecular flexibility index (Phi) is 7.77. The predicted molar refractivity (Wildman–Crippen MR) is 170 cm³/mol. The van der Waals surface area contributed by atoms with Gasteiger partial charge >= 0.3 is 0 Å². The van der Waals surface area contributed by atoms with E-state index in [0.717, 1.165) is 31.5 Å². The Morgan fingerprint density at radius 1 is 0.833 bits per heavy atom. The average molecular weight is 618 g/mol. The zero-order chi connectivity index (χ0) is 29.3. The van der Waals surface area contributed by atoms with Crippen LogP contribution in [0.1, 0.15) is 23.2 Å². The van der Waals surface area contributed by atoms with E-state index in [1.807, 2.05) is 41.3 Å². The van der Waals surface area contributed by atoms with Gasteiger partial charge in [-0.3, -0.25) is 9.52 Å². The summed E-state index contributed by atoms with van der Waals surface area (Å²) in [5, 5.41) is 4.48. The molecule has 4 aromatic carbocycles. The quantitative estimate of drug-likeness (QED) is 0.194. The van der Waals surface area contributed by atoms with Gasteiger partial charge in [-0.25, -0.2) is 13.4 Å². The van der Waals surface area contributed by atoms with E-state index < -0.39 is 10.0 Å². The molecule has 2 heterocycles. The van der Waals surface area contributed by atoms with Crippen molar-refractivity contribution in [2.24, 2.45) is 0 Å². The number of anilines is 3. The summed E-state index contributed by atoms with van der Waals surface area (Å²) in [6, 6.07) is 28.0. The maximum atomic E-state index is 13.8. The van der Waals surface area contributed by atoms with E-state index in [2.05, 4.69) is 10.0 Å². The normalized spacial score (nSPS) is 13.3. The molecular weight excluding hydrogens is 591 g/mol. The fourth-order valence-corrected chi connectivity index (χ4v) is 6.80. The molecule has 1 aliphatic rings. The third-order valence-electron chi connectivity index (χ3n) is 7.17. The molecule has 0 bridgehead atoms. The van der Waals surface area contributed by atoms with Crippen LogP contribution < -0.4 is 14.9 Å². The molecule has 0 radical (unpaired) electrons. The number of hydrogen-bond acceptors (Lipinski definition) is 5. The number of rotatable bonds is 7. The van der Waals surface area contributed by atoms with Crippen LogP contribution in [0.3, 0.4) is 0 Å². The molecule has 0 unspecified atom stereocenters. The van der Waals surface area contributed by atoms with E-state index in [1.54, 1.807) is 54.6 Å². The first kappa shape index (κ1) is 28.0. The number of fused-ring (bicyclic) bond motifs is 1. The molecule has 0 saturated carbocycles. The van der Waals surface area contributed by atoms with Gasteiger partial charge in [-0.1, -0.05) is 65.7 Å². The van der Waals surface area contributed by atoms with Gasteiger partial charge in [-0.2, -0.15) is 0 Å². The molecule has 42 heavy (non-hydrogen) atoms. The molecule has 7 nitrogen and oxygen atoms in total. The number of pyridine rings is 1. The third kappa shape index (κ3) is 5.79. The number of carbonyl (C=O) groups excluding carboxylic acids is 1. The van der Waals surface area contributed by atoms with Crippen LogP contribution in [0.15, 0.2) is 102 Å². The van der Waals surface area contributed by atoms with Gasteiger partial charge in [0.05, 0.1) is 33.2 Å². The van der Waals surface area contributed by atoms with Gasteiger partial charge in [0.1, 0.15) is 4.90 Å². The van der Waals surface area contributed by atoms with Crippen LogP contribution in [0.2, 0.25) is 10.0 Å². The fraction of sp³-hybridized carbons (Fsp3) is 0.125. The molecule has 1 saturated heterocycles. The first-order valence-electron chi connectivity index (χ1n) is 13.4. The summed E-state index contributed by atoms with van der Waals surface area (Å²) in [5.74, 6) is -0.389. The number of sulfonamides is 1. The van der Waals surface area contributed by atoms with Crippen molar-refractivity contribution in [3.8, 4) is 11.3 Å². The third-order valence-corrected chi connectivity index (χ3v) is 9.15. The zero-order valence-corrected chi connectivity index (χ0v) is 24.7. The summed E-state index contributed by atoms with van der Waals surface area (Å²) in [5.41, 5.74) is 3.69. The smallest absolute Gasteiger partial charge is 0.264 e. The Labute approximate surface area is 254 Å². The van der Waals surface area contributed by atoms with Crippen molar-refractivity contribution >= 4 is 67.1 Å². The Morgan fingerprint density at radius 2 is 1.55 bits per heavy atom. The molecule has 5 aromatic rings. The summed E-state index contributed by atoms with van der Waals surface area (Å²) in [6.07, 6.45) is 1.95. The van der Waals surface area contributed by atoms with Crippen molar-refractivity contribution in [1.29, 1.82) is 0 Å². The van der Waals surface area contributed by atoms with Crippen LogP contribution in [-0.2, 0) is 10.0 Å².